The summed E-state index contributed by atoms with van der Waals surface area (Å²) in [5, 5.41) is 20.5. The summed E-state index contributed by atoms with van der Waals surface area (Å²) in [6, 6.07) is 0. The Balaban J connectivity index is 1.77. The van der Waals surface area contributed by atoms with Crippen molar-refractivity contribution in [2.75, 3.05) is 6.61 Å². The van der Waals surface area contributed by atoms with E-state index < -0.39 is 5.60 Å². The zero-order valence-corrected chi connectivity index (χ0v) is 11.3. The zero-order valence-electron chi connectivity index (χ0n) is 11.3. The van der Waals surface area contributed by atoms with Crippen molar-refractivity contribution in [3.8, 4) is 0 Å². The molecular weight excluding hydrogens is 244 g/mol. The minimum Gasteiger partial charge on any atom is -0.454 e. The topological polar surface area (TPSA) is 66.8 Å². The number of ether oxygens (including phenoxy) is 1. The molecule has 3 aliphatic carbocycles. The maximum atomic E-state index is 11.7. The number of fused-ring (bicyclic) bond motifs is 4. The molecule has 4 heteroatoms. The Morgan fingerprint density at radius 2 is 2.16 bits per heavy atom. The normalized spacial score (nSPS) is 54.6. The van der Waals surface area contributed by atoms with Crippen molar-refractivity contribution in [1.29, 1.82) is 0 Å². The molecule has 3 fully saturated rings. The molecule has 0 amide bonds. The van der Waals surface area contributed by atoms with E-state index in [1.165, 1.54) is 0 Å². The molecule has 0 aromatic heterocycles. The molecule has 104 valence electrons. The molecule has 0 aromatic rings. The zero-order chi connectivity index (χ0) is 13.6. The highest BCUT2D eigenvalue weighted by Gasteiger charge is 2.74. The first-order valence-electron chi connectivity index (χ1n) is 7.15. The first kappa shape index (κ1) is 11.9. The Bertz CT molecular complexity index is 510. The molecule has 4 aliphatic rings. The van der Waals surface area contributed by atoms with Crippen LogP contribution in [0.5, 0.6) is 0 Å². The molecule has 0 spiro atoms. The van der Waals surface area contributed by atoms with E-state index >= 15 is 0 Å². The second-order valence-corrected chi connectivity index (χ2v) is 7.11. The molecule has 4 rings (SSSR count). The number of hydrogen-bond donors (Lipinski definition) is 2. The van der Waals surface area contributed by atoms with Crippen molar-refractivity contribution in [3.05, 3.63) is 11.1 Å². The average Bonchev–Trinajstić information content (AvgIpc) is 3.10. The highest BCUT2D eigenvalue weighted by Crippen LogP contribution is 2.73. The molecule has 1 heterocycles. The third-order valence-corrected chi connectivity index (χ3v) is 6.41. The third kappa shape index (κ3) is 1.20. The van der Waals surface area contributed by atoms with E-state index in [1.807, 2.05) is 6.92 Å². The molecule has 0 unspecified atom stereocenters. The highest BCUT2D eigenvalue weighted by atomic mass is 16.5. The van der Waals surface area contributed by atoms with Gasteiger partial charge in [-0.15, -0.1) is 0 Å². The van der Waals surface area contributed by atoms with Crippen LogP contribution in [-0.4, -0.2) is 34.5 Å². The summed E-state index contributed by atoms with van der Waals surface area (Å²) in [4.78, 5) is 11.7. The lowest BCUT2D eigenvalue weighted by atomic mass is 9.61. The molecule has 6 atom stereocenters. The molecule has 0 aromatic carbocycles. The number of aliphatic hydroxyl groups is 2. The van der Waals surface area contributed by atoms with Crippen molar-refractivity contribution in [3.63, 3.8) is 0 Å². The minimum atomic E-state index is -0.955. The maximum Gasteiger partial charge on any atom is 0.334 e. The van der Waals surface area contributed by atoms with Crippen molar-refractivity contribution in [1.82, 2.24) is 0 Å². The van der Waals surface area contributed by atoms with Crippen LogP contribution in [0.3, 0.4) is 0 Å². The summed E-state index contributed by atoms with van der Waals surface area (Å²) < 4.78 is 5.46. The van der Waals surface area contributed by atoms with Gasteiger partial charge in [0, 0.05) is 5.57 Å². The fraction of sp³-hybridized carbons (Fsp3) is 0.800. The van der Waals surface area contributed by atoms with E-state index in [9.17, 15) is 15.0 Å². The van der Waals surface area contributed by atoms with Crippen LogP contribution in [0.15, 0.2) is 11.1 Å². The first-order chi connectivity index (χ1) is 8.91. The van der Waals surface area contributed by atoms with Gasteiger partial charge < -0.3 is 14.9 Å². The van der Waals surface area contributed by atoms with E-state index in [0.717, 1.165) is 18.4 Å². The van der Waals surface area contributed by atoms with Crippen molar-refractivity contribution in [2.45, 2.75) is 44.8 Å². The molecule has 1 aliphatic heterocycles. The standard InChI is InChI=1S/C15H20O4/c1-7-8-3-12-14(2,5-11(8)19-13(7)17)9-4-10(9)15(12,18)6-16/h9-12,16,18H,3-6H2,1-2H3/t9-,10+,11-,12+,14-,15+/m0/s1. The van der Waals surface area contributed by atoms with E-state index in [1.54, 1.807) is 0 Å². The van der Waals surface area contributed by atoms with Gasteiger partial charge in [-0.1, -0.05) is 6.92 Å². The summed E-state index contributed by atoms with van der Waals surface area (Å²) in [7, 11) is 0. The largest absolute Gasteiger partial charge is 0.454 e. The van der Waals surface area contributed by atoms with Crippen molar-refractivity contribution >= 4 is 5.97 Å². The predicted octanol–water partition coefficient (Wildman–Crippen LogP) is 1.02. The number of rotatable bonds is 1. The molecule has 3 saturated carbocycles. The Hall–Kier alpha value is -0.870. The van der Waals surface area contributed by atoms with Crippen LogP contribution < -0.4 is 0 Å². The van der Waals surface area contributed by atoms with Gasteiger partial charge in [0.2, 0.25) is 0 Å². The summed E-state index contributed by atoms with van der Waals surface area (Å²) in [5.74, 6) is 0.576. The Kier molecular flexibility index (Phi) is 2.03. The molecule has 0 bridgehead atoms. The number of hydrogen-bond acceptors (Lipinski definition) is 4. The SMILES string of the molecule is CC1=C2C[C@@H]3[C@@](C)(C[C@@H]2OC1=O)[C@H]1C[C@H]1[C@]3(O)CO. The van der Waals surface area contributed by atoms with E-state index in [0.29, 0.717) is 17.9 Å². The lowest BCUT2D eigenvalue weighted by molar-refractivity contribution is -0.144. The molecular formula is C15H20O4. The van der Waals surface area contributed by atoms with Crippen LogP contribution in [0.4, 0.5) is 0 Å². The van der Waals surface area contributed by atoms with Gasteiger partial charge in [-0.3, -0.25) is 0 Å². The van der Waals surface area contributed by atoms with Gasteiger partial charge in [0.25, 0.3) is 0 Å². The maximum absolute atomic E-state index is 11.7. The van der Waals surface area contributed by atoms with Crippen molar-refractivity contribution in [2.24, 2.45) is 23.2 Å². The van der Waals surface area contributed by atoms with Gasteiger partial charge in [0.05, 0.1) is 12.2 Å². The molecule has 0 saturated heterocycles. The fourth-order valence-corrected chi connectivity index (χ4v) is 5.23. The van der Waals surface area contributed by atoms with Gasteiger partial charge in [-0.2, -0.15) is 0 Å². The average molecular weight is 264 g/mol. The van der Waals surface area contributed by atoms with Gasteiger partial charge in [-0.25, -0.2) is 4.79 Å². The summed E-state index contributed by atoms with van der Waals surface area (Å²) in [5.41, 5.74) is 0.818. The lowest BCUT2D eigenvalue weighted by Gasteiger charge is -2.46. The second kappa shape index (κ2) is 3.23. The Morgan fingerprint density at radius 1 is 1.42 bits per heavy atom. The quantitative estimate of drug-likeness (QED) is 0.694. The summed E-state index contributed by atoms with van der Waals surface area (Å²) in [6.45, 7) is 3.85. The summed E-state index contributed by atoms with van der Waals surface area (Å²) in [6.07, 6.45) is 2.42. The molecule has 0 radical (unpaired) electrons. The fourth-order valence-electron chi connectivity index (χ4n) is 5.23. The number of carbonyl (C=O) groups is 1. The van der Waals surface area contributed by atoms with Gasteiger partial charge in [0.1, 0.15) is 6.10 Å². The van der Waals surface area contributed by atoms with Crippen LogP contribution in [0.2, 0.25) is 0 Å². The van der Waals surface area contributed by atoms with Crippen LogP contribution in [0, 0.1) is 23.2 Å². The Labute approximate surface area is 112 Å². The van der Waals surface area contributed by atoms with E-state index in [4.69, 9.17) is 4.74 Å². The lowest BCUT2D eigenvalue weighted by Crippen LogP contribution is -2.50. The Morgan fingerprint density at radius 3 is 2.84 bits per heavy atom. The van der Waals surface area contributed by atoms with Crippen molar-refractivity contribution < 1.29 is 19.7 Å². The first-order valence-corrected chi connectivity index (χ1v) is 7.15. The van der Waals surface area contributed by atoms with Gasteiger partial charge in [0.15, 0.2) is 0 Å². The highest BCUT2D eigenvalue weighted by molar-refractivity contribution is 5.91. The van der Waals surface area contributed by atoms with Crippen LogP contribution in [0.1, 0.15) is 33.1 Å². The monoisotopic (exact) mass is 264 g/mol. The number of aliphatic hydroxyl groups excluding tert-OH is 1. The summed E-state index contributed by atoms with van der Waals surface area (Å²) >= 11 is 0. The van der Waals surface area contributed by atoms with Crippen LogP contribution in [-0.2, 0) is 9.53 Å². The second-order valence-electron chi connectivity index (χ2n) is 7.11. The molecule has 2 N–H and O–H groups in total. The van der Waals surface area contributed by atoms with E-state index in [-0.39, 0.29) is 35.9 Å². The van der Waals surface area contributed by atoms with Gasteiger partial charge in [-0.05, 0) is 54.9 Å². The smallest absolute Gasteiger partial charge is 0.334 e. The number of esters is 1. The number of carbonyl (C=O) groups excluding carboxylic acids is 1. The van der Waals surface area contributed by atoms with Gasteiger partial charge >= 0.3 is 5.97 Å². The van der Waals surface area contributed by atoms with Crippen LogP contribution >= 0.6 is 0 Å². The third-order valence-electron chi connectivity index (χ3n) is 6.41. The van der Waals surface area contributed by atoms with Crippen LogP contribution in [0.25, 0.3) is 0 Å². The minimum absolute atomic E-state index is 0.00120. The predicted molar refractivity (Wildman–Crippen MR) is 67.0 cm³/mol. The molecule has 4 nitrogen and oxygen atoms in total. The van der Waals surface area contributed by atoms with E-state index in [2.05, 4.69) is 6.92 Å². The molecule has 19 heavy (non-hydrogen) atoms.